The first-order valence-electron chi connectivity index (χ1n) is 7.80. The molecule has 8 heteroatoms. The van der Waals surface area contributed by atoms with Crippen LogP contribution in [0.1, 0.15) is 16.9 Å². The minimum atomic E-state index is -0.0162. The molecule has 0 saturated carbocycles. The average molecular weight is 357 g/mol. The molecule has 1 amide bonds. The van der Waals surface area contributed by atoms with Crippen molar-refractivity contribution in [2.24, 2.45) is 0 Å². The Morgan fingerprint density at radius 3 is 2.68 bits per heavy atom. The topological polar surface area (TPSA) is 77.1 Å². The van der Waals surface area contributed by atoms with Crippen molar-refractivity contribution in [2.75, 3.05) is 12.8 Å². The number of carbonyl (C=O) groups excluding carboxylic acids is 1. The van der Waals surface area contributed by atoms with Gasteiger partial charge in [-0.05, 0) is 47.5 Å². The van der Waals surface area contributed by atoms with Crippen LogP contribution in [0.2, 0.25) is 0 Å². The summed E-state index contributed by atoms with van der Waals surface area (Å²) in [4.78, 5) is 14.0. The second-order valence-corrected chi connectivity index (χ2v) is 6.67. The molecule has 2 heterocycles. The zero-order chi connectivity index (χ0) is 17.8. The van der Waals surface area contributed by atoms with E-state index in [1.807, 2.05) is 38.1 Å². The van der Waals surface area contributed by atoms with E-state index in [9.17, 15) is 4.79 Å². The Kier molecular flexibility index (Phi) is 5.18. The quantitative estimate of drug-likeness (QED) is 0.631. The molecule has 7 nitrogen and oxygen atoms in total. The van der Waals surface area contributed by atoms with Crippen LogP contribution in [-0.2, 0) is 11.3 Å². The largest absolute Gasteiger partial charge is 0.467 e. The number of aromatic nitrogens is 4. The molecule has 130 valence electrons. The average Bonchev–Trinajstić information content (AvgIpc) is 3.24. The molecule has 25 heavy (non-hydrogen) atoms. The van der Waals surface area contributed by atoms with Crippen molar-refractivity contribution >= 4 is 17.7 Å². The Hall–Kier alpha value is -2.61. The van der Waals surface area contributed by atoms with Gasteiger partial charge in [-0.25, -0.2) is 0 Å². The number of para-hydroxylation sites is 1. The molecule has 0 atom stereocenters. The van der Waals surface area contributed by atoms with Crippen LogP contribution in [0, 0.1) is 13.8 Å². The van der Waals surface area contributed by atoms with Crippen LogP contribution in [0.15, 0.2) is 46.2 Å². The second kappa shape index (κ2) is 7.52. The SMILES string of the molecule is Cc1cccc(C)c1-n1nnnc1SCC(=O)N(C)Cc1ccco1. The lowest BCUT2D eigenvalue weighted by Crippen LogP contribution is -2.27. The van der Waals surface area contributed by atoms with E-state index in [1.165, 1.54) is 11.8 Å². The number of hydrogen-bond acceptors (Lipinski definition) is 6. The third kappa shape index (κ3) is 3.90. The Labute approximate surface area is 150 Å². The van der Waals surface area contributed by atoms with Crippen molar-refractivity contribution in [3.8, 4) is 5.69 Å². The van der Waals surface area contributed by atoms with E-state index in [4.69, 9.17) is 4.42 Å². The highest BCUT2D eigenvalue weighted by Gasteiger charge is 2.17. The molecular weight excluding hydrogens is 338 g/mol. The van der Waals surface area contributed by atoms with E-state index in [0.717, 1.165) is 22.6 Å². The molecule has 3 aromatic rings. The van der Waals surface area contributed by atoms with Gasteiger partial charge in [0.25, 0.3) is 0 Å². The van der Waals surface area contributed by atoms with Gasteiger partial charge in [0.2, 0.25) is 11.1 Å². The Balaban J connectivity index is 1.68. The van der Waals surface area contributed by atoms with Crippen LogP contribution >= 0.6 is 11.8 Å². The predicted octanol–water partition coefficient (Wildman–Crippen LogP) is 2.62. The third-order valence-electron chi connectivity index (χ3n) is 3.82. The molecule has 0 N–H and O–H groups in total. The Bertz CT molecular complexity index is 840. The monoisotopic (exact) mass is 357 g/mol. The molecule has 0 aliphatic rings. The lowest BCUT2D eigenvalue weighted by Gasteiger charge is -2.15. The summed E-state index contributed by atoms with van der Waals surface area (Å²) in [5, 5.41) is 12.5. The maximum absolute atomic E-state index is 12.3. The van der Waals surface area contributed by atoms with Crippen LogP contribution in [0.4, 0.5) is 0 Å². The standard InChI is InChI=1S/C17H19N5O2S/c1-12-6-4-7-13(2)16(12)22-17(18-19-20-22)25-11-15(23)21(3)10-14-8-5-9-24-14/h4-9H,10-11H2,1-3H3. The van der Waals surface area contributed by atoms with Crippen molar-refractivity contribution in [2.45, 2.75) is 25.5 Å². The molecule has 0 fully saturated rings. The summed E-state index contributed by atoms with van der Waals surface area (Å²) in [5.74, 6) is 0.987. The van der Waals surface area contributed by atoms with Crippen LogP contribution in [0.25, 0.3) is 5.69 Å². The molecule has 3 rings (SSSR count). The van der Waals surface area contributed by atoms with Crippen LogP contribution in [0.3, 0.4) is 0 Å². The fourth-order valence-corrected chi connectivity index (χ4v) is 3.33. The zero-order valence-electron chi connectivity index (χ0n) is 14.3. The van der Waals surface area contributed by atoms with E-state index >= 15 is 0 Å². The van der Waals surface area contributed by atoms with Gasteiger partial charge < -0.3 is 9.32 Å². The molecule has 0 aliphatic heterocycles. The maximum Gasteiger partial charge on any atom is 0.233 e. The van der Waals surface area contributed by atoms with Crippen LogP contribution in [0.5, 0.6) is 0 Å². The van der Waals surface area contributed by atoms with Gasteiger partial charge in [-0.1, -0.05) is 30.0 Å². The third-order valence-corrected chi connectivity index (χ3v) is 4.72. The van der Waals surface area contributed by atoms with Gasteiger partial charge in [-0.2, -0.15) is 4.68 Å². The highest BCUT2D eigenvalue weighted by atomic mass is 32.2. The zero-order valence-corrected chi connectivity index (χ0v) is 15.2. The summed E-state index contributed by atoms with van der Waals surface area (Å²) in [7, 11) is 1.75. The molecule has 0 bridgehead atoms. The highest BCUT2D eigenvalue weighted by Crippen LogP contribution is 2.23. The van der Waals surface area contributed by atoms with Gasteiger partial charge in [0.15, 0.2) is 0 Å². The second-order valence-electron chi connectivity index (χ2n) is 5.73. The summed E-state index contributed by atoms with van der Waals surface area (Å²) >= 11 is 1.32. The van der Waals surface area contributed by atoms with Crippen molar-refractivity contribution in [1.29, 1.82) is 0 Å². The van der Waals surface area contributed by atoms with Crippen molar-refractivity contribution in [3.05, 3.63) is 53.5 Å². The first kappa shape index (κ1) is 17.2. The van der Waals surface area contributed by atoms with Gasteiger partial charge in [0.05, 0.1) is 24.2 Å². The molecule has 0 unspecified atom stereocenters. The summed E-state index contributed by atoms with van der Waals surface area (Å²) in [6.07, 6.45) is 1.60. The van der Waals surface area contributed by atoms with Crippen molar-refractivity contribution in [3.63, 3.8) is 0 Å². The lowest BCUT2D eigenvalue weighted by atomic mass is 10.1. The van der Waals surface area contributed by atoms with Crippen LogP contribution < -0.4 is 0 Å². The predicted molar refractivity (Wildman–Crippen MR) is 94.5 cm³/mol. The number of nitrogens with zero attached hydrogens (tertiary/aromatic N) is 5. The number of tetrazole rings is 1. The molecular formula is C17H19N5O2S. The number of benzene rings is 1. The highest BCUT2D eigenvalue weighted by molar-refractivity contribution is 7.99. The fourth-order valence-electron chi connectivity index (χ4n) is 2.51. The number of amides is 1. The van der Waals surface area contributed by atoms with Crippen molar-refractivity contribution < 1.29 is 9.21 Å². The lowest BCUT2D eigenvalue weighted by molar-refractivity contribution is -0.127. The maximum atomic E-state index is 12.3. The molecule has 1 aromatic carbocycles. The molecule has 0 spiro atoms. The van der Waals surface area contributed by atoms with Crippen LogP contribution in [-0.4, -0.2) is 43.8 Å². The van der Waals surface area contributed by atoms with E-state index < -0.39 is 0 Å². The van der Waals surface area contributed by atoms with Gasteiger partial charge in [-0.15, -0.1) is 5.10 Å². The van der Waals surface area contributed by atoms with E-state index in [-0.39, 0.29) is 11.7 Å². The summed E-state index contributed by atoms with van der Waals surface area (Å²) in [6, 6.07) is 9.68. The number of carbonyl (C=O) groups is 1. The molecule has 0 aliphatic carbocycles. The summed E-state index contributed by atoms with van der Waals surface area (Å²) in [5.41, 5.74) is 3.11. The van der Waals surface area contributed by atoms with E-state index in [2.05, 4.69) is 15.5 Å². The minimum Gasteiger partial charge on any atom is -0.467 e. The smallest absolute Gasteiger partial charge is 0.233 e. The number of thioether (sulfide) groups is 1. The number of furan rings is 1. The number of aryl methyl sites for hydroxylation is 2. The molecule has 0 saturated heterocycles. The Morgan fingerprint density at radius 2 is 2.00 bits per heavy atom. The van der Waals surface area contributed by atoms with Gasteiger partial charge in [-0.3, -0.25) is 4.79 Å². The molecule has 2 aromatic heterocycles. The molecule has 0 radical (unpaired) electrons. The van der Waals surface area contributed by atoms with Gasteiger partial charge >= 0.3 is 0 Å². The normalized spacial score (nSPS) is 10.8. The summed E-state index contributed by atoms with van der Waals surface area (Å²) < 4.78 is 6.96. The number of hydrogen-bond donors (Lipinski definition) is 0. The first-order chi connectivity index (χ1) is 12.1. The van der Waals surface area contributed by atoms with Gasteiger partial charge in [0, 0.05) is 7.05 Å². The fraction of sp³-hybridized carbons (Fsp3) is 0.294. The van der Waals surface area contributed by atoms with E-state index in [0.29, 0.717) is 11.7 Å². The van der Waals surface area contributed by atoms with E-state index in [1.54, 1.807) is 29.0 Å². The summed E-state index contributed by atoms with van der Waals surface area (Å²) in [6.45, 7) is 4.47. The van der Waals surface area contributed by atoms with Gasteiger partial charge in [0.1, 0.15) is 5.76 Å². The minimum absolute atomic E-state index is 0.0162. The van der Waals surface area contributed by atoms with Crippen molar-refractivity contribution in [1.82, 2.24) is 25.1 Å². The Morgan fingerprint density at radius 1 is 1.24 bits per heavy atom. The number of rotatable bonds is 6. The first-order valence-corrected chi connectivity index (χ1v) is 8.79.